The van der Waals surface area contributed by atoms with Gasteiger partial charge in [-0.25, -0.2) is 14.2 Å². The summed E-state index contributed by atoms with van der Waals surface area (Å²) in [6.07, 6.45) is -0.596. The van der Waals surface area contributed by atoms with Crippen molar-refractivity contribution in [2.24, 2.45) is 5.73 Å². The van der Waals surface area contributed by atoms with Crippen LogP contribution in [-0.4, -0.2) is 34.9 Å². The third-order valence-electron chi connectivity index (χ3n) is 4.97. The highest BCUT2D eigenvalue weighted by molar-refractivity contribution is 6.35. The third-order valence-corrected chi connectivity index (χ3v) is 5.27. The molecule has 0 aliphatic carbocycles. The van der Waals surface area contributed by atoms with Gasteiger partial charge in [-0.05, 0) is 24.1 Å². The number of anilines is 1. The van der Waals surface area contributed by atoms with Gasteiger partial charge in [-0.1, -0.05) is 41.9 Å². The number of nitrogens with two attached hydrogens (primary N) is 1. The van der Waals surface area contributed by atoms with E-state index >= 15 is 0 Å². The number of halogens is 2. The Hall–Kier alpha value is -2.62. The second kappa shape index (κ2) is 7.18. The Morgan fingerprint density at radius 1 is 1.26 bits per heavy atom. The minimum Gasteiger partial charge on any atom is -0.340 e. The molecule has 4 rings (SSSR count). The van der Waals surface area contributed by atoms with Crippen molar-refractivity contribution in [2.75, 3.05) is 18.0 Å². The molecule has 138 valence electrons. The molecule has 0 amide bonds. The average Bonchev–Trinajstić information content (AvgIpc) is 3.04. The SMILES string of the molecule is [C-]#[N+]c1ccc(Cn2c(N3CC[C@@H](F)[C@H](N)C3)nc3c(Cl)cccc32)cc1. The molecular weight excluding hydrogens is 365 g/mol. The van der Waals surface area contributed by atoms with Gasteiger partial charge in [0.25, 0.3) is 0 Å². The molecule has 1 aliphatic heterocycles. The Morgan fingerprint density at radius 2 is 2.04 bits per heavy atom. The van der Waals surface area contributed by atoms with Crippen LogP contribution in [0.25, 0.3) is 15.9 Å². The first-order valence-electron chi connectivity index (χ1n) is 8.82. The zero-order valence-corrected chi connectivity index (χ0v) is 15.4. The van der Waals surface area contributed by atoms with Crippen LogP contribution < -0.4 is 10.6 Å². The van der Waals surface area contributed by atoms with Crippen molar-refractivity contribution in [2.45, 2.75) is 25.2 Å². The number of piperidine rings is 1. The first-order chi connectivity index (χ1) is 13.1. The zero-order chi connectivity index (χ0) is 19.0. The van der Waals surface area contributed by atoms with E-state index in [0.717, 1.165) is 22.5 Å². The number of para-hydroxylation sites is 1. The van der Waals surface area contributed by atoms with E-state index in [-0.39, 0.29) is 0 Å². The molecule has 5 nitrogen and oxygen atoms in total. The highest BCUT2D eigenvalue weighted by atomic mass is 35.5. The second-order valence-electron chi connectivity index (χ2n) is 6.80. The smallest absolute Gasteiger partial charge is 0.206 e. The Labute approximate surface area is 162 Å². The summed E-state index contributed by atoms with van der Waals surface area (Å²) >= 11 is 6.36. The molecular formula is C20H19ClFN5. The predicted molar refractivity (Wildman–Crippen MR) is 106 cm³/mol. The van der Waals surface area contributed by atoms with Gasteiger partial charge in [0.1, 0.15) is 11.7 Å². The fraction of sp³-hybridized carbons (Fsp3) is 0.300. The number of benzene rings is 2. The van der Waals surface area contributed by atoms with Crippen LogP contribution in [0.15, 0.2) is 42.5 Å². The van der Waals surface area contributed by atoms with Crippen LogP contribution in [0, 0.1) is 6.57 Å². The number of alkyl halides is 1. The molecule has 1 saturated heterocycles. The molecule has 1 aromatic heterocycles. The number of nitrogens with zero attached hydrogens (tertiary/aromatic N) is 4. The predicted octanol–water partition coefficient (Wildman–Crippen LogP) is 4.16. The first-order valence-corrected chi connectivity index (χ1v) is 9.20. The van der Waals surface area contributed by atoms with Crippen LogP contribution >= 0.6 is 11.6 Å². The topological polar surface area (TPSA) is 51.4 Å². The summed E-state index contributed by atoms with van der Waals surface area (Å²) in [5.41, 5.74) is 9.25. The summed E-state index contributed by atoms with van der Waals surface area (Å²) in [4.78, 5) is 10.2. The van der Waals surface area contributed by atoms with Crippen LogP contribution in [0.4, 0.5) is 16.0 Å². The minimum absolute atomic E-state index is 0.387. The molecule has 27 heavy (non-hydrogen) atoms. The normalized spacial score (nSPS) is 20.0. The summed E-state index contributed by atoms with van der Waals surface area (Å²) < 4.78 is 15.9. The molecule has 3 aromatic rings. The van der Waals surface area contributed by atoms with E-state index in [1.807, 2.05) is 35.2 Å². The molecule has 0 bridgehead atoms. The summed E-state index contributed by atoms with van der Waals surface area (Å²) in [6.45, 7) is 8.65. The molecule has 2 heterocycles. The van der Waals surface area contributed by atoms with E-state index in [2.05, 4.69) is 9.41 Å². The fourth-order valence-electron chi connectivity index (χ4n) is 3.49. The molecule has 0 radical (unpaired) electrons. The molecule has 7 heteroatoms. The molecule has 2 atom stereocenters. The van der Waals surface area contributed by atoms with Crippen molar-refractivity contribution in [1.82, 2.24) is 9.55 Å². The van der Waals surface area contributed by atoms with Crippen molar-refractivity contribution in [3.63, 3.8) is 0 Å². The van der Waals surface area contributed by atoms with Crippen molar-refractivity contribution in [3.05, 3.63) is 64.5 Å². The van der Waals surface area contributed by atoms with Crippen LogP contribution in [0.2, 0.25) is 5.02 Å². The molecule has 0 unspecified atom stereocenters. The Balaban J connectivity index is 1.77. The van der Waals surface area contributed by atoms with Crippen molar-refractivity contribution < 1.29 is 4.39 Å². The largest absolute Gasteiger partial charge is 0.340 e. The van der Waals surface area contributed by atoms with E-state index in [1.165, 1.54) is 0 Å². The van der Waals surface area contributed by atoms with Gasteiger partial charge in [-0.3, -0.25) is 0 Å². The van der Waals surface area contributed by atoms with Gasteiger partial charge in [0.05, 0.1) is 29.7 Å². The van der Waals surface area contributed by atoms with Gasteiger partial charge in [-0.15, -0.1) is 0 Å². The Kier molecular flexibility index (Phi) is 4.73. The van der Waals surface area contributed by atoms with E-state index in [1.54, 1.807) is 12.1 Å². The maximum absolute atomic E-state index is 13.8. The number of aromatic nitrogens is 2. The summed E-state index contributed by atoms with van der Waals surface area (Å²) in [7, 11) is 0. The van der Waals surface area contributed by atoms with E-state index in [9.17, 15) is 4.39 Å². The van der Waals surface area contributed by atoms with E-state index < -0.39 is 12.2 Å². The van der Waals surface area contributed by atoms with Gasteiger partial charge < -0.3 is 15.2 Å². The second-order valence-corrected chi connectivity index (χ2v) is 7.21. The Bertz CT molecular complexity index is 1010. The third kappa shape index (κ3) is 3.36. The highest BCUT2D eigenvalue weighted by Crippen LogP contribution is 2.30. The van der Waals surface area contributed by atoms with Crippen molar-refractivity contribution in [1.29, 1.82) is 0 Å². The monoisotopic (exact) mass is 383 g/mol. The van der Waals surface area contributed by atoms with Crippen LogP contribution in [0.1, 0.15) is 12.0 Å². The maximum Gasteiger partial charge on any atom is 0.206 e. The Morgan fingerprint density at radius 3 is 2.74 bits per heavy atom. The number of rotatable bonds is 3. The molecule has 1 fully saturated rings. The molecule has 1 aliphatic rings. The van der Waals surface area contributed by atoms with Gasteiger partial charge in [0.15, 0.2) is 5.69 Å². The van der Waals surface area contributed by atoms with Gasteiger partial charge in [-0.2, -0.15) is 0 Å². The minimum atomic E-state index is -0.983. The summed E-state index contributed by atoms with van der Waals surface area (Å²) in [6, 6.07) is 12.6. The lowest BCUT2D eigenvalue weighted by Crippen LogP contribution is -2.50. The van der Waals surface area contributed by atoms with Crippen LogP contribution in [-0.2, 0) is 6.54 Å². The lowest BCUT2D eigenvalue weighted by Gasteiger charge is -2.34. The van der Waals surface area contributed by atoms with E-state index in [0.29, 0.717) is 36.8 Å². The summed E-state index contributed by atoms with van der Waals surface area (Å²) in [5.74, 6) is 0.745. The molecule has 0 saturated carbocycles. The number of hydrogen-bond acceptors (Lipinski definition) is 3. The summed E-state index contributed by atoms with van der Waals surface area (Å²) in [5, 5.41) is 0.584. The quantitative estimate of drug-likeness (QED) is 0.691. The molecule has 2 N–H and O–H groups in total. The van der Waals surface area contributed by atoms with Crippen LogP contribution in [0.3, 0.4) is 0 Å². The lowest BCUT2D eigenvalue weighted by molar-refractivity contribution is 0.243. The number of hydrogen-bond donors (Lipinski definition) is 1. The van der Waals surface area contributed by atoms with Gasteiger partial charge >= 0.3 is 0 Å². The average molecular weight is 384 g/mol. The van der Waals surface area contributed by atoms with Crippen molar-refractivity contribution in [3.8, 4) is 0 Å². The lowest BCUT2D eigenvalue weighted by atomic mass is 10.1. The van der Waals surface area contributed by atoms with E-state index in [4.69, 9.17) is 28.9 Å². The van der Waals surface area contributed by atoms with Crippen molar-refractivity contribution >= 4 is 34.3 Å². The number of fused-ring (bicyclic) bond motifs is 1. The standard InChI is InChI=1S/C20H19ClFN5/c1-24-14-7-5-13(6-8-14)11-27-18-4-2-3-15(21)19(18)25-20(27)26-10-9-16(22)17(23)12-26/h2-8,16-17H,9-12,23H2/t16-,17-/m1/s1. The fourth-order valence-corrected chi connectivity index (χ4v) is 3.70. The number of imidazole rings is 1. The highest BCUT2D eigenvalue weighted by Gasteiger charge is 2.29. The van der Waals surface area contributed by atoms with Crippen LogP contribution in [0.5, 0.6) is 0 Å². The zero-order valence-electron chi connectivity index (χ0n) is 14.6. The van der Waals surface area contributed by atoms with Gasteiger partial charge in [0, 0.05) is 13.1 Å². The molecule has 2 aromatic carbocycles. The maximum atomic E-state index is 13.8. The first kappa shape index (κ1) is 17.8. The molecule has 0 spiro atoms. The van der Waals surface area contributed by atoms with Gasteiger partial charge in [0.2, 0.25) is 5.95 Å².